The molecule has 54 valence electrons. The normalized spacial score (nSPS) is 9.56. The van der Waals surface area contributed by atoms with Gasteiger partial charge in [0.05, 0.1) is 0 Å². The van der Waals surface area contributed by atoms with Gasteiger partial charge in [0, 0.05) is 6.42 Å². The Kier molecular flexibility index (Phi) is 6.16. The van der Waals surface area contributed by atoms with Crippen molar-refractivity contribution in [3.8, 4) is 0 Å². The number of carbonyl (C=O) groups excluding carboxylic acids is 1. The molecule has 2 heteroatoms. The smallest absolute Gasteiger partial charge is 0.185 e. The molecule has 0 heterocycles. The molecule has 1 nitrogen and oxygen atoms in total. The number of thiol groups is 1. The molecular formula is C7H13OS-. The van der Waals surface area contributed by atoms with Gasteiger partial charge in [0.25, 0.3) is 0 Å². The summed E-state index contributed by atoms with van der Waals surface area (Å²) in [5, 5.41) is -0.000868. The molecule has 0 radical (unpaired) electrons. The van der Waals surface area contributed by atoms with Crippen LogP contribution in [0.2, 0.25) is 0 Å². The van der Waals surface area contributed by atoms with Gasteiger partial charge in [-0.2, -0.15) is 6.42 Å². The fraction of sp³-hybridized carbons (Fsp3) is 0.714. The topological polar surface area (TPSA) is 17.1 Å². The maximum absolute atomic E-state index is 10.3. The molecule has 0 atom stereocenters. The highest BCUT2D eigenvalue weighted by Gasteiger charge is 1.91. The van der Waals surface area contributed by atoms with E-state index in [1.807, 2.05) is 0 Å². The van der Waals surface area contributed by atoms with Crippen LogP contribution in [0.1, 0.15) is 32.1 Å². The maximum Gasteiger partial charge on any atom is 0.185 e. The molecule has 0 fully saturated rings. The molecule has 0 aliphatic rings. The van der Waals surface area contributed by atoms with Gasteiger partial charge in [-0.3, -0.25) is 4.79 Å². The standard InChI is InChI=1S/C7H13OS/c1-2-3-4-5-6-7(8)9/h1-6H2,(H,8,9)/q-1. The molecule has 0 aromatic heterocycles. The van der Waals surface area contributed by atoms with Crippen LogP contribution in [0.3, 0.4) is 0 Å². The predicted molar refractivity (Wildman–Crippen MR) is 42.4 cm³/mol. The Morgan fingerprint density at radius 2 is 2.00 bits per heavy atom. The Morgan fingerprint density at radius 1 is 1.33 bits per heavy atom. The Bertz CT molecular complexity index is 81.0. The van der Waals surface area contributed by atoms with Crippen LogP contribution in [-0.2, 0) is 4.79 Å². The molecular weight excluding hydrogens is 132 g/mol. The van der Waals surface area contributed by atoms with E-state index in [1.54, 1.807) is 0 Å². The van der Waals surface area contributed by atoms with Gasteiger partial charge in [0.1, 0.15) is 0 Å². The van der Waals surface area contributed by atoms with Gasteiger partial charge in [-0.1, -0.05) is 12.8 Å². The Morgan fingerprint density at radius 3 is 2.44 bits per heavy atom. The maximum atomic E-state index is 10.3. The van der Waals surface area contributed by atoms with Gasteiger partial charge in [0.2, 0.25) is 0 Å². The van der Waals surface area contributed by atoms with E-state index in [9.17, 15) is 4.79 Å². The van der Waals surface area contributed by atoms with Crippen molar-refractivity contribution in [1.29, 1.82) is 0 Å². The van der Waals surface area contributed by atoms with Gasteiger partial charge in [-0.05, 0) is 6.42 Å². The third kappa shape index (κ3) is 8.02. The lowest BCUT2D eigenvalue weighted by atomic mass is 10.2. The highest BCUT2D eigenvalue weighted by molar-refractivity contribution is 7.96. The lowest BCUT2D eigenvalue weighted by molar-refractivity contribution is -0.110. The third-order valence-corrected chi connectivity index (χ3v) is 1.36. The van der Waals surface area contributed by atoms with E-state index in [-0.39, 0.29) is 5.12 Å². The molecule has 0 rings (SSSR count). The van der Waals surface area contributed by atoms with Gasteiger partial charge in [0.15, 0.2) is 5.12 Å². The fourth-order valence-corrected chi connectivity index (χ4v) is 0.788. The van der Waals surface area contributed by atoms with Gasteiger partial charge in [-0.15, -0.1) is 12.6 Å². The van der Waals surface area contributed by atoms with E-state index in [0.29, 0.717) is 6.42 Å². The minimum atomic E-state index is -0.000868. The molecule has 0 aliphatic heterocycles. The van der Waals surface area contributed by atoms with Crippen molar-refractivity contribution in [2.45, 2.75) is 32.1 Å². The minimum absolute atomic E-state index is 0.000868. The van der Waals surface area contributed by atoms with Crippen molar-refractivity contribution in [2.24, 2.45) is 0 Å². The summed E-state index contributed by atoms with van der Waals surface area (Å²) in [5.74, 6) is 0. The first-order chi connectivity index (χ1) is 4.27. The van der Waals surface area contributed by atoms with Crippen LogP contribution in [0, 0.1) is 6.92 Å². The zero-order valence-corrected chi connectivity index (χ0v) is 6.49. The third-order valence-electron chi connectivity index (χ3n) is 1.14. The Balaban J connectivity index is 2.83. The van der Waals surface area contributed by atoms with Crippen LogP contribution < -0.4 is 0 Å². The van der Waals surface area contributed by atoms with Crippen molar-refractivity contribution in [2.75, 3.05) is 0 Å². The van der Waals surface area contributed by atoms with Crippen molar-refractivity contribution in [1.82, 2.24) is 0 Å². The first-order valence-electron chi connectivity index (χ1n) is 3.28. The van der Waals surface area contributed by atoms with E-state index >= 15 is 0 Å². The van der Waals surface area contributed by atoms with E-state index in [4.69, 9.17) is 0 Å². The molecule has 0 unspecified atom stereocenters. The summed E-state index contributed by atoms with van der Waals surface area (Å²) in [6.45, 7) is 3.70. The van der Waals surface area contributed by atoms with E-state index < -0.39 is 0 Å². The van der Waals surface area contributed by atoms with Crippen LogP contribution in [0.5, 0.6) is 0 Å². The molecule has 0 saturated heterocycles. The van der Waals surface area contributed by atoms with Crippen molar-refractivity contribution in [3.63, 3.8) is 0 Å². The van der Waals surface area contributed by atoms with E-state index in [1.165, 1.54) is 0 Å². The zero-order chi connectivity index (χ0) is 7.11. The van der Waals surface area contributed by atoms with Gasteiger partial charge < -0.3 is 6.92 Å². The van der Waals surface area contributed by atoms with Gasteiger partial charge >= 0.3 is 0 Å². The molecule has 0 amide bonds. The summed E-state index contributed by atoms with van der Waals surface area (Å²) in [5.41, 5.74) is 0. The van der Waals surface area contributed by atoms with Crippen LogP contribution in [0.15, 0.2) is 0 Å². The molecule has 0 aliphatic carbocycles. The Labute approximate surface area is 62.2 Å². The number of hydrogen-bond donors (Lipinski definition) is 1. The monoisotopic (exact) mass is 145 g/mol. The lowest BCUT2D eigenvalue weighted by Gasteiger charge is -1.96. The SMILES string of the molecule is [CH2-]CCCCCC(=O)S. The average Bonchev–Trinajstić information content (AvgIpc) is 1.80. The lowest BCUT2D eigenvalue weighted by Crippen LogP contribution is -1.85. The summed E-state index contributed by atoms with van der Waals surface area (Å²) in [6, 6.07) is 0. The van der Waals surface area contributed by atoms with E-state index in [0.717, 1.165) is 25.7 Å². The predicted octanol–water partition coefficient (Wildman–Crippen LogP) is 2.23. The first-order valence-corrected chi connectivity index (χ1v) is 3.73. The largest absolute Gasteiger partial charge is 0.343 e. The summed E-state index contributed by atoms with van der Waals surface area (Å²) in [4.78, 5) is 10.3. The van der Waals surface area contributed by atoms with Gasteiger partial charge in [-0.25, -0.2) is 0 Å². The first kappa shape index (κ1) is 9.02. The fourth-order valence-electron chi connectivity index (χ4n) is 0.630. The summed E-state index contributed by atoms with van der Waals surface area (Å²) < 4.78 is 0. The van der Waals surface area contributed by atoms with Crippen LogP contribution >= 0.6 is 12.6 Å². The summed E-state index contributed by atoms with van der Waals surface area (Å²) in [6.07, 6.45) is 4.79. The molecule has 0 bridgehead atoms. The van der Waals surface area contributed by atoms with Crippen molar-refractivity contribution >= 4 is 17.7 Å². The summed E-state index contributed by atoms with van der Waals surface area (Å²) in [7, 11) is 0. The molecule has 0 aromatic carbocycles. The second-order valence-corrected chi connectivity index (χ2v) is 2.56. The molecule has 0 aromatic rings. The molecule has 0 N–H and O–H groups in total. The quantitative estimate of drug-likeness (QED) is 0.356. The second-order valence-electron chi connectivity index (χ2n) is 2.06. The highest BCUT2D eigenvalue weighted by atomic mass is 32.1. The van der Waals surface area contributed by atoms with Crippen LogP contribution in [0.25, 0.3) is 0 Å². The van der Waals surface area contributed by atoms with Crippen LogP contribution in [-0.4, -0.2) is 5.12 Å². The highest BCUT2D eigenvalue weighted by Crippen LogP contribution is 2.03. The molecule has 0 spiro atoms. The molecule has 0 saturated carbocycles. The zero-order valence-electron chi connectivity index (χ0n) is 5.60. The number of rotatable bonds is 5. The van der Waals surface area contributed by atoms with Crippen molar-refractivity contribution < 1.29 is 4.79 Å². The number of hydrogen-bond acceptors (Lipinski definition) is 1. The average molecular weight is 145 g/mol. The Hall–Kier alpha value is 0.0200. The van der Waals surface area contributed by atoms with Crippen LogP contribution in [0.4, 0.5) is 0 Å². The minimum Gasteiger partial charge on any atom is -0.343 e. The molecule has 9 heavy (non-hydrogen) atoms. The second kappa shape index (κ2) is 6.14. The number of unbranched alkanes of at least 4 members (excludes halogenated alkanes) is 3. The number of carbonyl (C=O) groups is 1. The van der Waals surface area contributed by atoms with E-state index in [2.05, 4.69) is 19.6 Å². The summed E-state index contributed by atoms with van der Waals surface area (Å²) >= 11 is 3.65. The van der Waals surface area contributed by atoms with Crippen molar-refractivity contribution in [3.05, 3.63) is 6.92 Å².